The van der Waals surface area contributed by atoms with Crippen molar-refractivity contribution < 1.29 is 9.18 Å². The first-order chi connectivity index (χ1) is 14.1. The Kier molecular flexibility index (Phi) is 5.94. The second kappa shape index (κ2) is 8.78. The summed E-state index contributed by atoms with van der Waals surface area (Å²) in [4.78, 5) is 12.3. The molecule has 150 valence electrons. The van der Waals surface area contributed by atoms with Crippen LogP contribution in [0.2, 0.25) is 0 Å². The average molecular weight is 411 g/mol. The number of halogens is 1. The minimum Gasteiger partial charge on any atom is -0.355 e. The van der Waals surface area contributed by atoms with Crippen LogP contribution in [0.1, 0.15) is 37.3 Å². The van der Waals surface area contributed by atoms with Crippen molar-refractivity contribution in [3.8, 4) is 11.4 Å². The van der Waals surface area contributed by atoms with E-state index in [1.807, 2.05) is 22.8 Å². The van der Waals surface area contributed by atoms with Crippen molar-refractivity contribution >= 4 is 17.7 Å². The van der Waals surface area contributed by atoms with Crippen molar-refractivity contribution in [3.63, 3.8) is 0 Å². The summed E-state index contributed by atoms with van der Waals surface area (Å²) in [7, 11) is 0. The molecule has 0 aliphatic heterocycles. The monoisotopic (exact) mass is 410 g/mol. The first-order valence-electron chi connectivity index (χ1n) is 9.77. The molecule has 1 aliphatic carbocycles. The maximum absolute atomic E-state index is 14.2. The van der Waals surface area contributed by atoms with Gasteiger partial charge in [0.05, 0.1) is 11.3 Å². The number of hydrogen-bond acceptors (Lipinski definition) is 4. The number of carbonyl (C=O) groups is 1. The van der Waals surface area contributed by atoms with Gasteiger partial charge < -0.3 is 5.32 Å². The Morgan fingerprint density at radius 2 is 1.90 bits per heavy atom. The van der Waals surface area contributed by atoms with Gasteiger partial charge >= 0.3 is 0 Å². The molecule has 1 aliphatic rings. The number of thioether (sulfide) groups is 1. The number of nitrogens with one attached hydrogen (secondary N) is 1. The Hall–Kier alpha value is -2.67. The molecular weight excluding hydrogens is 387 g/mol. The number of rotatable bonds is 8. The summed E-state index contributed by atoms with van der Waals surface area (Å²) in [5.41, 5.74) is 1.64. The summed E-state index contributed by atoms with van der Waals surface area (Å²) >= 11 is 1.35. The van der Waals surface area contributed by atoms with Gasteiger partial charge in [0, 0.05) is 12.6 Å². The zero-order valence-corrected chi connectivity index (χ0v) is 17.0. The highest BCUT2D eigenvalue weighted by Crippen LogP contribution is 2.41. The molecule has 3 aromatic rings. The fraction of sp³-hybridized carbons (Fsp3) is 0.318. The lowest BCUT2D eigenvalue weighted by molar-refractivity contribution is -0.118. The first kappa shape index (κ1) is 19.6. The van der Waals surface area contributed by atoms with Crippen LogP contribution in [0.15, 0.2) is 59.8 Å². The molecular formula is C22H23FN4OS. The Morgan fingerprint density at radius 3 is 2.62 bits per heavy atom. The molecule has 0 saturated heterocycles. The van der Waals surface area contributed by atoms with Crippen LogP contribution < -0.4 is 5.32 Å². The van der Waals surface area contributed by atoms with Crippen LogP contribution in [0.25, 0.3) is 11.4 Å². The number of hydrogen-bond donors (Lipinski definition) is 1. The third kappa shape index (κ3) is 4.67. The van der Waals surface area contributed by atoms with E-state index in [-0.39, 0.29) is 29.4 Å². The summed E-state index contributed by atoms with van der Waals surface area (Å²) in [6, 6.07) is 17.0. The zero-order valence-electron chi connectivity index (χ0n) is 16.2. The number of benzene rings is 2. The molecule has 4 rings (SSSR count). The fourth-order valence-electron chi connectivity index (χ4n) is 3.21. The normalized spacial score (nSPS) is 14.6. The minimum atomic E-state index is -0.314. The molecule has 0 radical (unpaired) electrons. The van der Waals surface area contributed by atoms with Crippen LogP contribution in [-0.4, -0.2) is 33.0 Å². The van der Waals surface area contributed by atoms with Gasteiger partial charge in [-0.05, 0) is 36.5 Å². The molecule has 1 fully saturated rings. The molecule has 5 nitrogen and oxygen atoms in total. The van der Waals surface area contributed by atoms with E-state index in [9.17, 15) is 9.18 Å². The van der Waals surface area contributed by atoms with Gasteiger partial charge in [0.15, 0.2) is 11.0 Å². The quantitative estimate of drug-likeness (QED) is 0.558. The van der Waals surface area contributed by atoms with E-state index in [1.54, 1.807) is 18.2 Å². The van der Waals surface area contributed by atoms with E-state index in [2.05, 4.69) is 34.6 Å². The Labute approximate surface area is 173 Å². The smallest absolute Gasteiger partial charge is 0.230 e. The average Bonchev–Trinajstić information content (AvgIpc) is 3.50. The third-order valence-corrected chi connectivity index (χ3v) is 5.94. The molecule has 1 atom stereocenters. The van der Waals surface area contributed by atoms with E-state index in [0.29, 0.717) is 23.1 Å². The van der Waals surface area contributed by atoms with Gasteiger partial charge in [-0.2, -0.15) is 0 Å². The Bertz CT molecular complexity index is 987. The van der Waals surface area contributed by atoms with E-state index >= 15 is 0 Å². The van der Waals surface area contributed by atoms with Crippen LogP contribution in [0, 0.1) is 5.82 Å². The van der Waals surface area contributed by atoms with Crippen molar-refractivity contribution in [2.75, 3.05) is 12.3 Å². The molecule has 1 aromatic heterocycles. The van der Waals surface area contributed by atoms with Gasteiger partial charge in [0.1, 0.15) is 5.82 Å². The van der Waals surface area contributed by atoms with Crippen LogP contribution >= 0.6 is 11.8 Å². The van der Waals surface area contributed by atoms with E-state index in [1.165, 1.54) is 23.4 Å². The highest BCUT2D eigenvalue weighted by molar-refractivity contribution is 7.99. The predicted molar refractivity (Wildman–Crippen MR) is 112 cm³/mol. The van der Waals surface area contributed by atoms with Gasteiger partial charge in [0.2, 0.25) is 5.91 Å². The van der Waals surface area contributed by atoms with E-state index < -0.39 is 0 Å². The molecule has 0 bridgehead atoms. The summed E-state index contributed by atoms with van der Waals surface area (Å²) in [6.45, 7) is 2.67. The van der Waals surface area contributed by atoms with Crippen molar-refractivity contribution in [1.29, 1.82) is 0 Å². The summed E-state index contributed by atoms with van der Waals surface area (Å²) in [5.74, 6) is 0.671. The van der Waals surface area contributed by atoms with Crippen molar-refractivity contribution in [3.05, 3.63) is 66.0 Å². The topological polar surface area (TPSA) is 59.8 Å². The lowest BCUT2D eigenvalue weighted by atomic mass is 10.0. The van der Waals surface area contributed by atoms with Crippen molar-refractivity contribution in [1.82, 2.24) is 20.1 Å². The highest BCUT2D eigenvalue weighted by atomic mass is 32.2. The van der Waals surface area contributed by atoms with Crippen LogP contribution in [0.4, 0.5) is 4.39 Å². The Morgan fingerprint density at radius 1 is 1.17 bits per heavy atom. The van der Waals surface area contributed by atoms with Gasteiger partial charge in [-0.3, -0.25) is 9.36 Å². The maximum atomic E-state index is 14.2. The molecule has 1 N–H and O–H groups in total. The number of carbonyl (C=O) groups excluding carboxylic acids is 1. The standard InChI is InChI=1S/C22H23FN4OS/c1-15(16-7-3-2-4-8-16)13-24-20(28)14-29-22-26-25-21(27(22)17-11-12-17)18-9-5-6-10-19(18)23/h2-10,15,17H,11-14H2,1H3,(H,24,28). The lowest BCUT2D eigenvalue weighted by Gasteiger charge is -2.13. The van der Waals surface area contributed by atoms with Crippen molar-refractivity contribution in [2.24, 2.45) is 0 Å². The minimum absolute atomic E-state index is 0.0458. The van der Waals surface area contributed by atoms with E-state index in [4.69, 9.17) is 0 Å². The predicted octanol–water partition coefficient (Wildman–Crippen LogP) is 4.43. The van der Waals surface area contributed by atoms with Gasteiger partial charge in [0.25, 0.3) is 0 Å². The fourth-order valence-corrected chi connectivity index (χ4v) is 4.05. The zero-order chi connectivity index (χ0) is 20.2. The number of nitrogens with zero attached hydrogens (tertiary/aromatic N) is 3. The molecule has 1 saturated carbocycles. The molecule has 1 amide bonds. The van der Waals surface area contributed by atoms with Gasteiger partial charge in [-0.1, -0.05) is 61.2 Å². The van der Waals surface area contributed by atoms with E-state index in [0.717, 1.165) is 12.8 Å². The lowest BCUT2D eigenvalue weighted by Crippen LogP contribution is -2.29. The van der Waals surface area contributed by atoms with Gasteiger partial charge in [-0.25, -0.2) is 4.39 Å². The maximum Gasteiger partial charge on any atom is 0.230 e. The highest BCUT2D eigenvalue weighted by Gasteiger charge is 2.31. The van der Waals surface area contributed by atoms with Crippen LogP contribution in [0.5, 0.6) is 0 Å². The Balaban J connectivity index is 1.39. The van der Waals surface area contributed by atoms with Crippen LogP contribution in [-0.2, 0) is 4.79 Å². The first-order valence-corrected chi connectivity index (χ1v) is 10.8. The van der Waals surface area contributed by atoms with Gasteiger partial charge in [-0.15, -0.1) is 10.2 Å². The second-order valence-corrected chi connectivity index (χ2v) is 8.23. The molecule has 7 heteroatoms. The SMILES string of the molecule is CC(CNC(=O)CSc1nnc(-c2ccccc2F)n1C1CC1)c1ccccc1. The summed E-state index contributed by atoms with van der Waals surface area (Å²) in [5, 5.41) is 12.1. The molecule has 1 unspecified atom stereocenters. The molecule has 2 aromatic carbocycles. The molecule has 29 heavy (non-hydrogen) atoms. The van der Waals surface area contributed by atoms with Crippen molar-refractivity contribution in [2.45, 2.75) is 36.9 Å². The second-order valence-electron chi connectivity index (χ2n) is 7.29. The number of amides is 1. The third-order valence-electron chi connectivity index (χ3n) is 5.00. The number of aromatic nitrogens is 3. The largest absolute Gasteiger partial charge is 0.355 e. The summed E-state index contributed by atoms with van der Waals surface area (Å²) < 4.78 is 16.2. The van der Waals surface area contributed by atoms with Crippen LogP contribution in [0.3, 0.4) is 0 Å². The summed E-state index contributed by atoms with van der Waals surface area (Å²) in [6.07, 6.45) is 2.04. The molecule has 0 spiro atoms. The molecule has 1 heterocycles.